The number of hydrogen-bond donors (Lipinski definition) is 6. The van der Waals surface area contributed by atoms with Crippen molar-refractivity contribution in [3.63, 3.8) is 0 Å². The number of carbonyl (C=O) groups excluding carboxylic acids is 1. The Morgan fingerprint density at radius 2 is 1.02 bits per heavy atom. The Bertz CT molecular complexity index is 1100. The molecule has 1 heterocycles. The van der Waals surface area contributed by atoms with Gasteiger partial charge < -0.3 is 40.3 Å². The van der Waals surface area contributed by atoms with E-state index in [0.29, 0.717) is 6.42 Å². The standard InChI is InChI=1S/C50H89NO8/c1-3-5-7-9-11-13-15-17-19-21-23-25-27-29-31-33-35-37-39-44(53)43(42-58-50-49(57)48(56)47(55)45(41-52)59-50)51-46(54)40-38-36-34-32-30-28-26-24-22-20-18-16-14-12-10-8-6-4-2/h14,16,20-23,29,31,37,39,43-45,47-50,52-53,55-57H,3-13,15,17-19,24-28,30,32-36,38,40-42H2,1-2H3,(H,51,54)/b16-14-,22-20-,23-21+,31-29+,39-37+. The molecule has 1 fully saturated rings. The van der Waals surface area contributed by atoms with Gasteiger partial charge in [-0.2, -0.15) is 0 Å². The maximum absolute atomic E-state index is 13.0. The maximum Gasteiger partial charge on any atom is 0.220 e. The molecule has 7 atom stereocenters. The second-order valence-corrected chi connectivity index (χ2v) is 16.5. The Kier molecular flexibility index (Phi) is 37.2. The van der Waals surface area contributed by atoms with E-state index in [0.717, 1.165) is 70.6 Å². The van der Waals surface area contributed by atoms with Crippen molar-refractivity contribution in [1.82, 2.24) is 5.32 Å². The summed E-state index contributed by atoms with van der Waals surface area (Å²) in [5, 5.41) is 54.2. The summed E-state index contributed by atoms with van der Waals surface area (Å²) >= 11 is 0. The van der Waals surface area contributed by atoms with Crippen molar-refractivity contribution in [2.45, 2.75) is 236 Å². The Hall–Kier alpha value is -2.11. The molecular weight excluding hydrogens is 743 g/mol. The summed E-state index contributed by atoms with van der Waals surface area (Å²) in [6.07, 6.45) is 45.4. The predicted octanol–water partition coefficient (Wildman–Crippen LogP) is 10.4. The number of nitrogens with one attached hydrogen (secondary N) is 1. The van der Waals surface area contributed by atoms with Gasteiger partial charge in [0.25, 0.3) is 0 Å². The highest BCUT2D eigenvalue weighted by molar-refractivity contribution is 5.76. The van der Waals surface area contributed by atoms with Crippen molar-refractivity contribution in [3.05, 3.63) is 60.8 Å². The Balaban J connectivity index is 2.39. The molecule has 0 aromatic heterocycles. The molecule has 0 aromatic rings. The van der Waals surface area contributed by atoms with Gasteiger partial charge in [-0.1, -0.05) is 171 Å². The lowest BCUT2D eigenvalue weighted by Gasteiger charge is -2.40. The molecule has 342 valence electrons. The van der Waals surface area contributed by atoms with E-state index in [-0.39, 0.29) is 12.5 Å². The van der Waals surface area contributed by atoms with Gasteiger partial charge in [-0.3, -0.25) is 4.79 Å². The molecule has 1 rings (SSSR count). The molecule has 0 aliphatic carbocycles. The molecule has 9 nitrogen and oxygen atoms in total. The minimum absolute atomic E-state index is 0.201. The molecule has 1 amide bonds. The number of aliphatic hydroxyl groups excluding tert-OH is 5. The van der Waals surface area contributed by atoms with Crippen molar-refractivity contribution in [3.8, 4) is 0 Å². The zero-order chi connectivity index (χ0) is 43.0. The maximum atomic E-state index is 13.0. The average Bonchev–Trinajstić information content (AvgIpc) is 3.23. The summed E-state index contributed by atoms with van der Waals surface area (Å²) in [4.78, 5) is 13.0. The summed E-state index contributed by atoms with van der Waals surface area (Å²) in [6, 6.07) is -0.833. The molecule has 59 heavy (non-hydrogen) atoms. The molecule has 1 aliphatic rings. The number of unbranched alkanes of at least 4 members (excludes halogenated alkanes) is 21. The van der Waals surface area contributed by atoms with Crippen LogP contribution < -0.4 is 5.32 Å². The Morgan fingerprint density at radius 1 is 0.576 bits per heavy atom. The van der Waals surface area contributed by atoms with Crippen LogP contribution in [-0.2, 0) is 14.3 Å². The van der Waals surface area contributed by atoms with E-state index in [2.05, 4.69) is 67.8 Å². The summed E-state index contributed by atoms with van der Waals surface area (Å²) in [5.41, 5.74) is 0. The van der Waals surface area contributed by atoms with E-state index in [1.54, 1.807) is 6.08 Å². The molecule has 0 radical (unpaired) electrons. The van der Waals surface area contributed by atoms with E-state index in [1.165, 1.54) is 103 Å². The third kappa shape index (κ3) is 30.6. The topological polar surface area (TPSA) is 149 Å². The molecule has 7 unspecified atom stereocenters. The second-order valence-electron chi connectivity index (χ2n) is 16.5. The summed E-state index contributed by atoms with van der Waals surface area (Å²) in [7, 11) is 0. The first-order valence-corrected chi connectivity index (χ1v) is 24.0. The monoisotopic (exact) mass is 832 g/mol. The number of aliphatic hydroxyl groups is 5. The summed E-state index contributed by atoms with van der Waals surface area (Å²) < 4.78 is 11.2. The van der Waals surface area contributed by atoms with Crippen molar-refractivity contribution in [1.29, 1.82) is 0 Å². The molecule has 0 aromatic carbocycles. The van der Waals surface area contributed by atoms with Gasteiger partial charge in [0, 0.05) is 6.42 Å². The molecule has 0 spiro atoms. The van der Waals surface area contributed by atoms with Gasteiger partial charge in [-0.05, 0) is 77.0 Å². The smallest absolute Gasteiger partial charge is 0.220 e. The van der Waals surface area contributed by atoms with Crippen molar-refractivity contribution < 1.29 is 39.8 Å². The molecule has 1 saturated heterocycles. The van der Waals surface area contributed by atoms with Crippen LogP contribution in [-0.4, -0.2) is 87.5 Å². The first kappa shape index (κ1) is 54.9. The van der Waals surface area contributed by atoms with E-state index in [4.69, 9.17) is 9.47 Å². The fraction of sp³-hybridized carbons (Fsp3) is 0.780. The molecule has 9 heteroatoms. The van der Waals surface area contributed by atoms with Crippen LogP contribution in [0, 0.1) is 0 Å². The highest BCUT2D eigenvalue weighted by Gasteiger charge is 2.44. The van der Waals surface area contributed by atoms with Crippen LogP contribution in [0.25, 0.3) is 0 Å². The van der Waals surface area contributed by atoms with Crippen LogP contribution in [0.3, 0.4) is 0 Å². The lowest BCUT2D eigenvalue weighted by Crippen LogP contribution is -2.60. The largest absolute Gasteiger partial charge is 0.394 e. The van der Waals surface area contributed by atoms with E-state index in [1.807, 2.05) is 6.08 Å². The van der Waals surface area contributed by atoms with Crippen molar-refractivity contribution in [2.75, 3.05) is 13.2 Å². The lowest BCUT2D eigenvalue weighted by molar-refractivity contribution is -0.302. The number of rotatable bonds is 39. The third-order valence-corrected chi connectivity index (χ3v) is 11.0. The first-order chi connectivity index (χ1) is 28.8. The van der Waals surface area contributed by atoms with Gasteiger partial charge in [0.1, 0.15) is 24.4 Å². The van der Waals surface area contributed by atoms with Crippen LogP contribution in [0.15, 0.2) is 60.8 Å². The van der Waals surface area contributed by atoms with Crippen LogP contribution in [0.1, 0.15) is 194 Å². The zero-order valence-electron chi connectivity index (χ0n) is 37.5. The first-order valence-electron chi connectivity index (χ1n) is 24.0. The SMILES string of the molecule is CCCCCC/C=C\C/C=C\CCCCCCCCCC(=O)NC(COC1OC(CO)C(O)C(O)C1O)C(O)/C=C/CC/C=C/CC/C=C/CCCCCCCCCC. The molecule has 6 N–H and O–H groups in total. The Morgan fingerprint density at radius 3 is 1.54 bits per heavy atom. The highest BCUT2D eigenvalue weighted by atomic mass is 16.7. The van der Waals surface area contributed by atoms with Gasteiger partial charge in [0.2, 0.25) is 5.91 Å². The van der Waals surface area contributed by atoms with Crippen LogP contribution in [0.2, 0.25) is 0 Å². The van der Waals surface area contributed by atoms with Crippen LogP contribution >= 0.6 is 0 Å². The molecular formula is C50H89NO8. The minimum Gasteiger partial charge on any atom is -0.394 e. The number of allylic oxidation sites excluding steroid dienone is 9. The van der Waals surface area contributed by atoms with Gasteiger partial charge in [0.05, 0.1) is 25.4 Å². The van der Waals surface area contributed by atoms with E-state index in [9.17, 15) is 30.3 Å². The predicted molar refractivity (Wildman–Crippen MR) is 244 cm³/mol. The van der Waals surface area contributed by atoms with Gasteiger partial charge in [0.15, 0.2) is 6.29 Å². The van der Waals surface area contributed by atoms with Crippen LogP contribution in [0.4, 0.5) is 0 Å². The normalized spacial score (nSPS) is 21.2. The van der Waals surface area contributed by atoms with Crippen LogP contribution in [0.5, 0.6) is 0 Å². The average molecular weight is 832 g/mol. The number of hydrogen-bond acceptors (Lipinski definition) is 8. The molecule has 0 saturated carbocycles. The number of ether oxygens (including phenoxy) is 2. The highest BCUT2D eigenvalue weighted by Crippen LogP contribution is 2.22. The summed E-state index contributed by atoms with van der Waals surface area (Å²) in [5.74, 6) is -0.201. The summed E-state index contributed by atoms with van der Waals surface area (Å²) in [6.45, 7) is 3.72. The quantitative estimate of drug-likeness (QED) is 0.0265. The van der Waals surface area contributed by atoms with E-state index < -0.39 is 49.5 Å². The Labute approximate surface area is 360 Å². The van der Waals surface area contributed by atoms with E-state index >= 15 is 0 Å². The molecule has 1 aliphatic heterocycles. The van der Waals surface area contributed by atoms with Gasteiger partial charge in [-0.25, -0.2) is 0 Å². The fourth-order valence-corrected chi connectivity index (χ4v) is 7.16. The van der Waals surface area contributed by atoms with Gasteiger partial charge in [-0.15, -0.1) is 0 Å². The zero-order valence-corrected chi connectivity index (χ0v) is 37.5. The van der Waals surface area contributed by atoms with Crippen molar-refractivity contribution in [2.24, 2.45) is 0 Å². The molecule has 0 bridgehead atoms. The number of amides is 1. The minimum atomic E-state index is -1.58. The fourth-order valence-electron chi connectivity index (χ4n) is 7.16. The second kappa shape index (κ2) is 40.0. The van der Waals surface area contributed by atoms with Gasteiger partial charge >= 0.3 is 0 Å². The lowest BCUT2D eigenvalue weighted by atomic mass is 9.99. The van der Waals surface area contributed by atoms with Crippen molar-refractivity contribution >= 4 is 5.91 Å². The number of carbonyl (C=O) groups is 1. The third-order valence-electron chi connectivity index (χ3n) is 11.0.